The van der Waals surface area contributed by atoms with E-state index >= 15 is 0 Å². The molecular weight excluding hydrogens is 449 g/mol. The lowest BCUT2D eigenvalue weighted by atomic mass is 10.0. The van der Waals surface area contributed by atoms with Crippen molar-refractivity contribution in [1.82, 2.24) is 20.1 Å². The van der Waals surface area contributed by atoms with Gasteiger partial charge in [-0.05, 0) is 50.6 Å². The first kappa shape index (κ1) is 22.0. The molecule has 1 saturated heterocycles. The van der Waals surface area contributed by atoms with E-state index in [9.17, 15) is 0 Å². The summed E-state index contributed by atoms with van der Waals surface area (Å²) >= 11 is 0. The topological polar surface area (TPSA) is 44.6 Å². The summed E-state index contributed by atoms with van der Waals surface area (Å²) in [7, 11) is 1.86. The Kier molecular flexibility index (Phi) is 8.89. The summed E-state index contributed by atoms with van der Waals surface area (Å²) in [5, 5.41) is 8.38. The van der Waals surface area contributed by atoms with Gasteiger partial charge in [0.05, 0.1) is 0 Å². The van der Waals surface area contributed by atoms with Gasteiger partial charge < -0.3 is 20.1 Å². The number of piperidine rings is 1. The second-order valence-electron chi connectivity index (χ2n) is 7.47. The Morgan fingerprint density at radius 3 is 2.63 bits per heavy atom. The summed E-state index contributed by atoms with van der Waals surface area (Å²) in [5.41, 5.74) is 1.31. The number of hydrogen-bond donors (Lipinski definition) is 2. The first-order valence-corrected chi connectivity index (χ1v) is 9.92. The minimum absolute atomic E-state index is 0. The molecule has 3 rings (SSSR count). The zero-order valence-electron chi connectivity index (χ0n) is 16.8. The molecule has 27 heavy (non-hydrogen) atoms. The van der Waals surface area contributed by atoms with Crippen LogP contribution in [0.4, 0.5) is 0 Å². The van der Waals surface area contributed by atoms with Crippen molar-refractivity contribution in [3.8, 4) is 0 Å². The molecule has 0 amide bonds. The molecule has 5 nitrogen and oxygen atoms in total. The fourth-order valence-corrected chi connectivity index (χ4v) is 3.74. The quantitative estimate of drug-likeness (QED) is 0.285. The lowest BCUT2D eigenvalue weighted by molar-refractivity contribution is 0.167. The lowest BCUT2D eigenvalue weighted by Gasteiger charge is -2.35. The van der Waals surface area contributed by atoms with E-state index in [1.807, 2.05) is 7.05 Å². The predicted octanol–water partition coefficient (Wildman–Crippen LogP) is 3.69. The van der Waals surface area contributed by atoms with Crippen LogP contribution in [0.5, 0.6) is 0 Å². The van der Waals surface area contributed by atoms with Gasteiger partial charge in [-0.3, -0.25) is 4.99 Å². The van der Waals surface area contributed by atoms with Crippen LogP contribution in [0.1, 0.15) is 33.1 Å². The predicted molar refractivity (Wildman–Crippen MR) is 126 cm³/mol. The third kappa shape index (κ3) is 6.10. The molecule has 1 aromatic heterocycles. The van der Waals surface area contributed by atoms with Gasteiger partial charge in [-0.2, -0.15) is 0 Å². The van der Waals surface area contributed by atoms with Crippen molar-refractivity contribution in [2.45, 2.75) is 51.7 Å². The number of para-hydroxylation sites is 1. The first-order chi connectivity index (χ1) is 12.7. The van der Waals surface area contributed by atoms with E-state index in [0.717, 1.165) is 25.5 Å². The lowest BCUT2D eigenvalue weighted by Crippen LogP contribution is -2.50. The number of benzene rings is 1. The van der Waals surface area contributed by atoms with E-state index in [0.29, 0.717) is 12.1 Å². The first-order valence-electron chi connectivity index (χ1n) is 9.92. The van der Waals surface area contributed by atoms with Gasteiger partial charge in [0.15, 0.2) is 5.96 Å². The minimum Gasteiger partial charge on any atom is -0.356 e. The van der Waals surface area contributed by atoms with Crippen LogP contribution < -0.4 is 10.6 Å². The molecule has 0 bridgehead atoms. The van der Waals surface area contributed by atoms with Crippen molar-refractivity contribution < 1.29 is 0 Å². The maximum Gasteiger partial charge on any atom is 0.191 e. The molecule has 150 valence electrons. The van der Waals surface area contributed by atoms with Gasteiger partial charge in [0.2, 0.25) is 0 Å². The number of aromatic nitrogens is 1. The number of nitrogens with one attached hydrogen (secondary N) is 2. The van der Waals surface area contributed by atoms with E-state index in [1.165, 1.54) is 36.8 Å². The van der Waals surface area contributed by atoms with Crippen LogP contribution in [-0.2, 0) is 6.54 Å². The van der Waals surface area contributed by atoms with E-state index in [1.54, 1.807) is 0 Å². The number of aryl methyl sites for hydroxylation is 1. The number of guanidine groups is 1. The largest absolute Gasteiger partial charge is 0.356 e. The molecule has 0 unspecified atom stereocenters. The zero-order valence-corrected chi connectivity index (χ0v) is 19.1. The molecule has 6 heteroatoms. The molecule has 0 aliphatic carbocycles. The third-order valence-corrected chi connectivity index (χ3v) is 5.37. The number of halogens is 1. The Balaban J connectivity index is 0.00000261. The van der Waals surface area contributed by atoms with Crippen LogP contribution in [0.3, 0.4) is 0 Å². The summed E-state index contributed by atoms with van der Waals surface area (Å²) in [4.78, 5) is 6.95. The maximum atomic E-state index is 4.39. The number of aliphatic imine (C=N–C) groups is 1. The molecule has 1 fully saturated rings. The fraction of sp³-hybridized carbons (Fsp3) is 0.571. The second kappa shape index (κ2) is 10.9. The number of fused-ring (bicyclic) bond motifs is 1. The van der Waals surface area contributed by atoms with Crippen molar-refractivity contribution in [3.63, 3.8) is 0 Å². The molecule has 1 aliphatic heterocycles. The van der Waals surface area contributed by atoms with Crippen molar-refractivity contribution in [1.29, 1.82) is 0 Å². The molecule has 0 radical (unpaired) electrons. The summed E-state index contributed by atoms with van der Waals surface area (Å²) in [5.74, 6) is 0.936. The highest BCUT2D eigenvalue weighted by Gasteiger charge is 2.21. The SMILES string of the molecule is CN=C(NCCCn1ccc2ccccc21)NC1CCN(C(C)C)CC1.I. The standard InChI is InChI=1S/C21H33N5.HI/c1-17(2)25-15-10-19(11-16-25)24-21(22-3)23-12-6-13-26-14-9-18-7-4-5-8-20(18)26;/h4-5,7-9,14,17,19H,6,10-13,15-16H2,1-3H3,(H2,22,23,24);1H. The van der Waals surface area contributed by atoms with E-state index < -0.39 is 0 Å². The zero-order chi connectivity index (χ0) is 18.4. The molecular formula is C21H34IN5. The Bertz CT molecular complexity index is 716. The van der Waals surface area contributed by atoms with Gasteiger partial charge in [-0.1, -0.05) is 18.2 Å². The Morgan fingerprint density at radius 2 is 1.93 bits per heavy atom. The summed E-state index contributed by atoms with van der Waals surface area (Å²) in [6, 6.07) is 11.9. The molecule has 2 heterocycles. The van der Waals surface area contributed by atoms with Gasteiger partial charge in [0.25, 0.3) is 0 Å². The summed E-state index contributed by atoms with van der Waals surface area (Å²) in [6.45, 7) is 8.85. The van der Waals surface area contributed by atoms with Crippen LogP contribution in [0.25, 0.3) is 10.9 Å². The molecule has 0 spiro atoms. The van der Waals surface area contributed by atoms with Crippen molar-refractivity contribution in [3.05, 3.63) is 36.5 Å². The third-order valence-electron chi connectivity index (χ3n) is 5.37. The summed E-state index contributed by atoms with van der Waals surface area (Å²) < 4.78 is 2.33. The Hall–Kier alpha value is -1.28. The number of likely N-dealkylation sites (tertiary alicyclic amines) is 1. The summed E-state index contributed by atoms with van der Waals surface area (Å²) in [6.07, 6.45) is 5.63. The maximum absolute atomic E-state index is 4.39. The number of nitrogens with zero attached hydrogens (tertiary/aromatic N) is 3. The van der Waals surface area contributed by atoms with Gasteiger partial charge in [-0.25, -0.2) is 0 Å². The van der Waals surface area contributed by atoms with Crippen LogP contribution in [0.2, 0.25) is 0 Å². The van der Waals surface area contributed by atoms with Crippen LogP contribution in [0.15, 0.2) is 41.5 Å². The number of hydrogen-bond acceptors (Lipinski definition) is 2. The van der Waals surface area contributed by atoms with Gasteiger partial charge in [0, 0.05) is 57.0 Å². The monoisotopic (exact) mass is 483 g/mol. The molecule has 2 N–H and O–H groups in total. The average Bonchev–Trinajstić information content (AvgIpc) is 3.08. The highest BCUT2D eigenvalue weighted by molar-refractivity contribution is 14.0. The van der Waals surface area contributed by atoms with Crippen molar-refractivity contribution in [2.75, 3.05) is 26.7 Å². The van der Waals surface area contributed by atoms with E-state index in [4.69, 9.17) is 0 Å². The van der Waals surface area contributed by atoms with Crippen LogP contribution in [-0.4, -0.2) is 54.2 Å². The van der Waals surface area contributed by atoms with E-state index in [2.05, 4.69) is 75.5 Å². The Labute approximate surface area is 180 Å². The molecule has 0 atom stereocenters. The normalized spacial score (nSPS) is 16.5. The highest BCUT2D eigenvalue weighted by Crippen LogP contribution is 2.15. The molecule has 1 aromatic carbocycles. The number of rotatable bonds is 6. The van der Waals surface area contributed by atoms with E-state index in [-0.39, 0.29) is 24.0 Å². The minimum atomic E-state index is 0. The highest BCUT2D eigenvalue weighted by atomic mass is 127. The van der Waals surface area contributed by atoms with Crippen LogP contribution in [0, 0.1) is 0 Å². The van der Waals surface area contributed by atoms with Crippen molar-refractivity contribution >= 4 is 40.8 Å². The second-order valence-corrected chi connectivity index (χ2v) is 7.47. The molecule has 0 saturated carbocycles. The molecule has 2 aromatic rings. The van der Waals surface area contributed by atoms with Gasteiger partial charge in [0.1, 0.15) is 0 Å². The van der Waals surface area contributed by atoms with Crippen LogP contribution >= 0.6 is 24.0 Å². The van der Waals surface area contributed by atoms with Gasteiger partial charge >= 0.3 is 0 Å². The van der Waals surface area contributed by atoms with Gasteiger partial charge in [-0.15, -0.1) is 24.0 Å². The smallest absolute Gasteiger partial charge is 0.191 e. The fourth-order valence-electron chi connectivity index (χ4n) is 3.74. The molecule has 1 aliphatic rings. The van der Waals surface area contributed by atoms with Crippen molar-refractivity contribution in [2.24, 2.45) is 4.99 Å². The average molecular weight is 483 g/mol. The Morgan fingerprint density at radius 1 is 1.19 bits per heavy atom.